The van der Waals surface area contributed by atoms with Crippen LogP contribution in [0.25, 0.3) is 0 Å². The van der Waals surface area contributed by atoms with E-state index in [-0.39, 0.29) is 17.8 Å². The van der Waals surface area contributed by atoms with Crippen molar-refractivity contribution in [3.05, 3.63) is 35.6 Å². The number of rotatable bonds is 5. The van der Waals surface area contributed by atoms with Gasteiger partial charge in [0.2, 0.25) is 0 Å². The van der Waals surface area contributed by atoms with Crippen molar-refractivity contribution in [2.75, 3.05) is 6.61 Å². The average Bonchev–Trinajstić information content (AvgIpc) is 2.32. The Balaban J connectivity index is 1.88. The van der Waals surface area contributed by atoms with Gasteiger partial charge in [0.1, 0.15) is 5.82 Å². The number of hydrogen-bond acceptors (Lipinski definition) is 2. The highest BCUT2D eigenvalue weighted by Crippen LogP contribution is 2.39. The van der Waals surface area contributed by atoms with Gasteiger partial charge >= 0.3 is 0 Å². The molecule has 1 aromatic rings. The van der Waals surface area contributed by atoms with Crippen LogP contribution in [0.2, 0.25) is 0 Å². The van der Waals surface area contributed by atoms with E-state index >= 15 is 0 Å². The Morgan fingerprint density at radius 1 is 1.30 bits per heavy atom. The topological polar surface area (TPSA) is 32.3 Å². The molecule has 0 saturated heterocycles. The normalized spacial score (nSPS) is 24.2. The molecule has 1 saturated carbocycles. The molecule has 1 aliphatic carbocycles. The molecule has 20 heavy (non-hydrogen) atoms. The standard InChI is InChI=1S/C17H26FNO/c1-17(2,3)16(8-9-20)19-13-10-12(11-13)14-6-4-5-7-15(14)18/h4-7,12-13,16,19-20H,8-11H2,1-3H3. The van der Waals surface area contributed by atoms with E-state index in [1.807, 2.05) is 12.1 Å². The predicted molar refractivity (Wildman–Crippen MR) is 80.2 cm³/mol. The largest absolute Gasteiger partial charge is 0.396 e. The molecule has 1 fully saturated rings. The quantitative estimate of drug-likeness (QED) is 0.865. The number of nitrogens with one attached hydrogen (secondary N) is 1. The smallest absolute Gasteiger partial charge is 0.126 e. The molecule has 2 nitrogen and oxygen atoms in total. The summed E-state index contributed by atoms with van der Waals surface area (Å²) in [6, 6.07) is 7.83. The predicted octanol–water partition coefficient (Wildman–Crippen LogP) is 3.46. The van der Waals surface area contributed by atoms with Gasteiger partial charge in [0.05, 0.1) is 0 Å². The van der Waals surface area contributed by atoms with Gasteiger partial charge in [-0.2, -0.15) is 0 Å². The van der Waals surface area contributed by atoms with Crippen LogP contribution >= 0.6 is 0 Å². The third kappa shape index (κ3) is 3.58. The Morgan fingerprint density at radius 2 is 1.95 bits per heavy atom. The number of halogens is 1. The van der Waals surface area contributed by atoms with Crippen LogP contribution < -0.4 is 5.32 Å². The van der Waals surface area contributed by atoms with Crippen molar-refractivity contribution in [2.45, 2.75) is 58.0 Å². The summed E-state index contributed by atoms with van der Waals surface area (Å²) in [5, 5.41) is 12.8. The first kappa shape index (κ1) is 15.5. The van der Waals surface area contributed by atoms with E-state index < -0.39 is 0 Å². The van der Waals surface area contributed by atoms with Crippen LogP contribution in [0.3, 0.4) is 0 Å². The average molecular weight is 279 g/mol. The highest BCUT2D eigenvalue weighted by Gasteiger charge is 2.35. The maximum atomic E-state index is 13.7. The fourth-order valence-corrected chi connectivity index (χ4v) is 2.99. The summed E-state index contributed by atoms with van der Waals surface area (Å²) in [5.74, 6) is 0.252. The van der Waals surface area contributed by atoms with Crippen LogP contribution in [0, 0.1) is 11.2 Å². The molecular formula is C17H26FNO. The summed E-state index contributed by atoms with van der Waals surface area (Å²) in [5.41, 5.74) is 0.978. The molecule has 1 unspecified atom stereocenters. The van der Waals surface area contributed by atoms with Crippen LogP contribution in [-0.4, -0.2) is 23.8 Å². The van der Waals surface area contributed by atoms with Crippen LogP contribution in [0.4, 0.5) is 4.39 Å². The van der Waals surface area contributed by atoms with Crippen LogP contribution in [0.15, 0.2) is 24.3 Å². The van der Waals surface area contributed by atoms with Crippen molar-refractivity contribution in [3.8, 4) is 0 Å². The lowest BCUT2D eigenvalue weighted by Crippen LogP contribution is -2.50. The van der Waals surface area contributed by atoms with Crippen LogP contribution in [0.1, 0.15) is 51.5 Å². The molecule has 1 aromatic carbocycles. The van der Waals surface area contributed by atoms with E-state index in [0.29, 0.717) is 18.0 Å². The molecule has 0 aromatic heterocycles. The summed E-state index contributed by atoms with van der Waals surface area (Å²) in [6.45, 7) is 6.77. The molecule has 2 N–H and O–H groups in total. The zero-order valence-electron chi connectivity index (χ0n) is 12.7. The molecule has 3 heteroatoms. The Hall–Kier alpha value is -0.930. The minimum atomic E-state index is -0.0846. The highest BCUT2D eigenvalue weighted by atomic mass is 19.1. The Labute approximate surface area is 121 Å². The molecule has 0 spiro atoms. The maximum absolute atomic E-state index is 13.7. The first-order valence-corrected chi connectivity index (χ1v) is 7.53. The lowest BCUT2D eigenvalue weighted by molar-refractivity contribution is 0.156. The molecule has 0 heterocycles. The molecular weight excluding hydrogens is 253 g/mol. The SMILES string of the molecule is CC(C)(C)C(CCO)NC1CC(c2ccccc2F)C1. The van der Waals surface area contributed by atoms with E-state index in [9.17, 15) is 9.50 Å². The van der Waals surface area contributed by atoms with Gasteiger partial charge < -0.3 is 10.4 Å². The molecule has 112 valence electrons. The molecule has 2 rings (SSSR count). The van der Waals surface area contributed by atoms with Crippen molar-refractivity contribution in [3.63, 3.8) is 0 Å². The minimum Gasteiger partial charge on any atom is -0.396 e. The van der Waals surface area contributed by atoms with Crippen molar-refractivity contribution < 1.29 is 9.50 Å². The van der Waals surface area contributed by atoms with Gasteiger partial charge in [-0.3, -0.25) is 0 Å². The fraction of sp³-hybridized carbons (Fsp3) is 0.647. The first-order chi connectivity index (χ1) is 9.41. The van der Waals surface area contributed by atoms with E-state index in [2.05, 4.69) is 26.1 Å². The number of benzene rings is 1. The summed E-state index contributed by atoms with van der Waals surface area (Å²) < 4.78 is 13.7. The summed E-state index contributed by atoms with van der Waals surface area (Å²) in [6.07, 6.45) is 2.74. The molecule has 1 atom stereocenters. The lowest BCUT2D eigenvalue weighted by atomic mass is 9.74. The van der Waals surface area contributed by atoms with Crippen molar-refractivity contribution >= 4 is 0 Å². The molecule has 0 bridgehead atoms. The Bertz CT molecular complexity index is 435. The second-order valence-electron chi connectivity index (χ2n) is 6.98. The zero-order chi connectivity index (χ0) is 14.8. The Morgan fingerprint density at radius 3 is 2.50 bits per heavy atom. The molecule has 0 aliphatic heterocycles. The van der Waals surface area contributed by atoms with Gasteiger partial charge in [-0.05, 0) is 42.2 Å². The van der Waals surface area contributed by atoms with Gasteiger partial charge in [0.15, 0.2) is 0 Å². The summed E-state index contributed by atoms with van der Waals surface area (Å²) in [7, 11) is 0. The van der Waals surface area contributed by atoms with Crippen LogP contribution in [0.5, 0.6) is 0 Å². The second kappa shape index (κ2) is 6.23. The zero-order valence-corrected chi connectivity index (χ0v) is 12.7. The van der Waals surface area contributed by atoms with Gasteiger partial charge in [0, 0.05) is 18.7 Å². The van der Waals surface area contributed by atoms with Crippen molar-refractivity contribution in [1.82, 2.24) is 5.32 Å². The van der Waals surface area contributed by atoms with Crippen molar-refractivity contribution in [2.24, 2.45) is 5.41 Å². The third-order valence-electron chi connectivity index (χ3n) is 4.38. The van der Waals surface area contributed by atoms with Gasteiger partial charge in [-0.25, -0.2) is 4.39 Å². The lowest BCUT2D eigenvalue weighted by Gasteiger charge is -2.42. The summed E-state index contributed by atoms with van der Waals surface area (Å²) >= 11 is 0. The second-order valence-corrected chi connectivity index (χ2v) is 6.98. The first-order valence-electron chi connectivity index (χ1n) is 7.53. The highest BCUT2D eigenvalue weighted by molar-refractivity contribution is 5.24. The van der Waals surface area contributed by atoms with E-state index in [4.69, 9.17) is 0 Å². The van der Waals surface area contributed by atoms with E-state index in [1.165, 1.54) is 0 Å². The third-order valence-corrected chi connectivity index (χ3v) is 4.38. The molecule has 0 radical (unpaired) electrons. The Kier molecular flexibility index (Phi) is 4.82. The van der Waals surface area contributed by atoms with E-state index in [0.717, 1.165) is 24.8 Å². The number of hydrogen-bond donors (Lipinski definition) is 2. The van der Waals surface area contributed by atoms with Crippen molar-refractivity contribution in [1.29, 1.82) is 0 Å². The fourth-order valence-electron chi connectivity index (χ4n) is 2.99. The number of aliphatic hydroxyl groups is 1. The van der Waals surface area contributed by atoms with Gasteiger partial charge in [-0.1, -0.05) is 39.0 Å². The molecule has 1 aliphatic rings. The minimum absolute atomic E-state index is 0.0846. The van der Waals surface area contributed by atoms with E-state index in [1.54, 1.807) is 12.1 Å². The maximum Gasteiger partial charge on any atom is 0.126 e. The van der Waals surface area contributed by atoms with Gasteiger partial charge in [-0.15, -0.1) is 0 Å². The summed E-state index contributed by atoms with van der Waals surface area (Å²) in [4.78, 5) is 0. The van der Waals surface area contributed by atoms with Gasteiger partial charge in [0.25, 0.3) is 0 Å². The monoisotopic (exact) mass is 279 g/mol. The van der Waals surface area contributed by atoms with Crippen LogP contribution in [-0.2, 0) is 0 Å². The molecule has 0 amide bonds. The number of aliphatic hydroxyl groups excluding tert-OH is 1.